The second-order valence-electron chi connectivity index (χ2n) is 8.57. The van der Waals surface area contributed by atoms with E-state index in [1.165, 1.54) is 35.7 Å². The van der Waals surface area contributed by atoms with Crippen molar-refractivity contribution in [2.45, 2.75) is 43.2 Å². The Morgan fingerprint density at radius 2 is 2.00 bits per heavy atom. The summed E-state index contributed by atoms with van der Waals surface area (Å²) in [5.74, 6) is -0.554. The summed E-state index contributed by atoms with van der Waals surface area (Å²) < 4.78 is 47.3. The monoisotopic (exact) mass is 477 g/mol. The van der Waals surface area contributed by atoms with Crippen molar-refractivity contribution in [1.82, 2.24) is 14.5 Å². The molecule has 2 aromatic rings. The van der Waals surface area contributed by atoms with Crippen LogP contribution in [0.1, 0.15) is 48.1 Å². The first-order chi connectivity index (χ1) is 15.6. The Labute approximate surface area is 195 Å². The maximum Gasteiger partial charge on any atom is 0.251 e. The van der Waals surface area contributed by atoms with Gasteiger partial charge in [0, 0.05) is 24.7 Å². The normalized spacial score (nSPS) is 18.2. The predicted octanol–water partition coefficient (Wildman–Crippen LogP) is 3.43. The van der Waals surface area contributed by atoms with E-state index in [4.69, 9.17) is 4.74 Å². The summed E-state index contributed by atoms with van der Waals surface area (Å²) in [6.45, 7) is 2.57. The largest absolute Gasteiger partial charge is 0.495 e. The van der Waals surface area contributed by atoms with E-state index in [9.17, 15) is 17.6 Å². The summed E-state index contributed by atoms with van der Waals surface area (Å²) in [4.78, 5) is 14.8. The summed E-state index contributed by atoms with van der Waals surface area (Å²) in [5.41, 5.74) is 0.952. The van der Waals surface area contributed by atoms with Gasteiger partial charge in [-0.1, -0.05) is 18.6 Å². The van der Waals surface area contributed by atoms with Crippen LogP contribution in [0.2, 0.25) is 0 Å². The fourth-order valence-corrected chi connectivity index (χ4v) is 6.06. The van der Waals surface area contributed by atoms with Crippen molar-refractivity contribution in [2.24, 2.45) is 0 Å². The van der Waals surface area contributed by atoms with Gasteiger partial charge in [0.05, 0.1) is 13.2 Å². The predicted molar refractivity (Wildman–Crippen MR) is 125 cm³/mol. The van der Waals surface area contributed by atoms with Crippen LogP contribution in [0.3, 0.4) is 0 Å². The highest BCUT2D eigenvalue weighted by Gasteiger charge is 2.33. The summed E-state index contributed by atoms with van der Waals surface area (Å²) in [5, 5.41) is 2.85. The number of benzene rings is 2. The van der Waals surface area contributed by atoms with E-state index in [0.29, 0.717) is 6.54 Å². The van der Waals surface area contributed by atoms with Crippen LogP contribution in [0.5, 0.6) is 5.75 Å². The summed E-state index contributed by atoms with van der Waals surface area (Å²) in [7, 11) is 1.28. The molecule has 1 aliphatic rings. The van der Waals surface area contributed by atoms with Gasteiger partial charge in [0.1, 0.15) is 16.5 Å². The number of nitrogens with one attached hydrogen (secondary N) is 1. The molecule has 33 heavy (non-hydrogen) atoms. The van der Waals surface area contributed by atoms with E-state index in [1.54, 1.807) is 18.2 Å². The molecule has 1 N–H and O–H groups in total. The van der Waals surface area contributed by atoms with Crippen LogP contribution in [-0.2, 0) is 10.0 Å². The minimum Gasteiger partial charge on any atom is -0.495 e. The molecule has 0 bridgehead atoms. The number of ether oxygens (including phenoxy) is 1. The van der Waals surface area contributed by atoms with Crippen LogP contribution in [-0.4, -0.2) is 63.9 Å². The number of carbonyl (C=O) groups is 1. The molecule has 180 valence electrons. The number of amides is 1. The maximum atomic E-state index is 13.7. The number of halogens is 1. The van der Waals surface area contributed by atoms with Crippen molar-refractivity contribution in [3.05, 3.63) is 59.4 Å². The van der Waals surface area contributed by atoms with Crippen LogP contribution < -0.4 is 10.1 Å². The highest BCUT2D eigenvalue weighted by Crippen LogP contribution is 2.31. The second-order valence-corrected chi connectivity index (χ2v) is 10.4. The first-order valence-electron chi connectivity index (χ1n) is 11.0. The third-order valence-electron chi connectivity index (χ3n) is 6.07. The molecule has 0 unspecified atom stereocenters. The SMILES string of the molecule is COc1ccc(C(=O)NC[C@@H](c2cccc(F)c2)N(C)C)cc1S(=O)(=O)N1CCCC[C@@H]1C. The highest BCUT2D eigenvalue weighted by atomic mass is 32.2. The minimum absolute atomic E-state index is 0.0132. The molecule has 0 aromatic heterocycles. The van der Waals surface area contributed by atoms with Crippen molar-refractivity contribution >= 4 is 15.9 Å². The number of nitrogens with zero attached hydrogens (tertiary/aromatic N) is 2. The van der Waals surface area contributed by atoms with Crippen molar-refractivity contribution < 1.29 is 22.3 Å². The fraction of sp³-hybridized carbons (Fsp3) is 0.458. The smallest absolute Gasteiger partial charge is 0.251 e. The van der Waals surface area contributed by atoms with Gasteiger partial charge in [-0.15, -0.1) is 0 Å². The zero-order chi connectivity index (χ0) is 24.2. The van der Waals surface area contributed by atoms with E-state index in [2.05, 4.69) is 5.32 Å². The molecule has 1 heterocycles. The topological polar surface area (TPSA) is 79.0 Å². The molecular formula is C24H32FN3O4S. The maximum absolute atomic E-state index is 13.7. The van der Waals surface area contributed by atoms with E-state index in [1.807, 2.05) is 25.9 Å². The van der Waals surface area contributed by atoms with Gasteiger partial charge in [0.15, 0.2) is 0 Å². The van der Waals surface area contributed by atoms with Gasteiger partial charge in [0.25, 0.3) is 5.91 Å². The lowest BCUT2D eigenvalue weighted by Crippen LogP contribution is -2.42. The average molecular weight is 478 g/mol. The van der Waals surface area contributed by atoms with Crippen molar-refractivity contribution in [3.8, 4) is 5.75 Å². The minimum atomic E-state index is -3.82. The molecule has 0 saturated carbocycles. The molecule has 1 aliphatic heterocycles. The molecule has 7 nitrogen and oxygen atoms in total. The van der Waals surface area contributed by atoms with E-state index >= 15 is 0 Å². The third kappa shape index (κ3) is 5.72. The van der Waals surface area contributed by atoms with E-state index in [0.717, 1.165) is 24.8 Å². The van der Waals surface area contributed by atoms with Crippen LogP contribution in [0.15, 0.2) is 47.4 Å². The Bertz CT molecular complexity index is 1090. The first kappa shape index (κ1) is 25.1. The standard InChI is InChI=1S/C24H32FN3O4S/c1-17-8-5-6-13-28(17)33(30,31)23-15-19(11-12-22(23)32-4)24(29)26-16-21(27(2)3)18-9-7-10-20(25)14-18/h7,9-12,14-15,17,21H,5-6,8,13,16H2,1-4H3,(H,26,29)/t17-,21-/m0/s1. The summed E-state index contributed by atoms with van der Waals surface area (Å²) >= 11 is 0. The lowest BCUT2D eigenvalue weighted by atomic mass is 10.1. The van der Waals surface area contributed by atoms with E-state index < -0.39 is 15.9 Å². The zero-order valence-corrected chi connectivity index (χ0v) is 20.4. The van der Waals surface area contributed by atoms with Gasteiger partial charge in [-0.25, -0.2) is 12.8 Å². The number of methoxy groups -OCH3 is 1. The molecule has 2 atom stereocenters. The first-order valence-corrected chi connectivity index (χ1v) is 12.5. The molecule has 1 fully saturated rings. The Morgan fingerprint density at radius 3 is 2.64 bits per heavy atom. The van der Waals surface area contributed by atoms with Crippen LogP contribution in [0.4, 0.5) is 4.39 Å². The molecule has 0 radical (unpaired) electrons. The number of rotatable bonds is 8. The molecule has 3 rings (SSSR count). The molecule has 1 amide bonds. The molecule has 2 aromatic carbocycles. The van der Waals surface area contributed by atoms with Crippen LogP contribution in [0, 0.1) is 5.82 Å². The molecular weight excluding hydrogens is 445 g/mol. The lowest BCUT2D eigenvalue weighted by Gasteiger charge is -2.32. The number of piperidine rings is 1. The average Bonchev–Trinajstić information content (AvgIpc) is 2.78. The van der Waals surface area contributed by atoms with Gasteiger partial charge in [0.2, 0.25) is 10.0 Å². The summed E-state index contributed by atoms with van der Waals surface area (Å²) in [6.07, 6.45) is 2.59. The number of carbonyl (C=O) groups excluding carboxylic acids is 1. The molecule has 9 heteroatoms. The highest BCUT2D eigenvalue weighted by molar-refractivity contribution is 7.89. The van der Waals surface area contributed by atoms with Crippen LogP contribution >= 0.6 is 0 Å². The van der Waals surface area contributed by atoms with Crippen molar-refractivity contribution in [3.63, 3.8) is 0 Å². The fourth-order valence-electron chi connectivity index (χ4n) is 4.18. The number of hydrogen-bond donors (Lipinski definition) is 1. The Hall–Kier alpha value is -2.49. The quantitative estimate of drug-likeness (QED) is 0.630. The molecule has 1 saturated heterocycles. The molecule has 0 aliphatic carbocycles. The number of hydrogen-bond acceptors (Lipinski definition) is 5. The number of sulfonamides is 1. The van der Waals surface area contributed by atoms with E-state index in [-0.39, 0.29) is 40.7 Å². The Balaban J connectivity index is 1.84. The number of likely N-dealkylation sites (N-methyl/N-ethyl adjacent to an activating group) is 1. The van der Waals surface area contributed by atoms with Crippen molar-refractivity contribution in [1.29, 1.82) is 0 Å². The molecule has 0 spiro atoms. The van der Waals surface area contributed by atoms with Gasteiger partial charge >= 0.3 is 0 Å². The summed E-state index contributed by atoms with van der Waals surface area (Å²) in [6, 6.07) is 10.3. The Kier molecular flexibility index (Phi) is 8.10. The zero-order valence-electron chi connectivity index (χ0n) is 19.5. The van der Waals surface area contributed by atoms with Gasteiger partial charge in [-0.05, 0) is 69.8 Å². The van der Waals surface area contributed by atoms with Gasteiger partial charge < -0.3 is 15.0 Å². The second kappa shape index (κ2) is 10.6. The van der Waals surface area contributed by atoms with Crippen molar-refractivity contribution in [2.75, 3.05) is 34.3 Å². The van der Waals surface area contributed by atoms with Gasteiger partial charge in [-0.2, -0.15) is 4.31 Å². The lowest BCUT2D eigenvalue weighted by molar-refractivity contribution is 0.0941. The van der Waals surface area contributed by atoms with Crippen LogP contribution in [0.25, 0.3) is 0 Å². The third-order valence-corrected chi connectivity index (χ3v) is 8.10. The Morgan fingerprint density at radius 1 is 1.24 bits per heavy atom. The van der Waals surface area contributed by atoms with Gasteiger partial charge in [-0.3, -0.25) is 4.79 Å².